The molecule has 0 unspecified atom stereocenters. The molecular formula is C21H21N5O. The van der Waals surface area contributed by atoms with Crippen molar-refractivity contribution in [2.24, 2.45) is 0 Å². The average molecular weight is 359 g/mol. The van der Waals surface area contributed by atoms with E-state index in [1.807, 2.05) is 58.9 Å². The number of amides is 1. The van der Waals surface area contributed by atoms with E-state index in [1.165, 1.54) is 0 Å². The summed E-state index contributed by atoms with van der Waals surface area (Å²) in [7, 11) is 0. The summed E-state index contributed by atoms with van der Waals surface area (Å²) in [6.45, 7) is 9.50. The van der Waals surface area contributed by atoms with Gasteiger partial charge in [-0.1, -0.05) is 12.1 Å². The highest BCUT2D eigenvalue weighted by atomic mass is 16.2. The normalized spacial score (nSPS) is 15.1. The number of rotatable bonds is 2. The molecule has 3 aromatic rings. The number of nitrogens with zero attached hydrogens (tertiary/aromatic N) is 5. The van der Waals surface area contributed by atoms with Crippen LogP contribution in [0.15, 0.2) is 36.7 Å². The van der Waals surface area contributed by atoms with Crippen molar-refractivity contribution in [3.63, 3.8) is 0 Å². The zero-order chi connectivity index (χ0) is 19.3. The zero-order valence-electron chi connectivity index (χ0n) is 16.1. The van der Waals surface area contributed by atoms with Gasteiger partial charge in [-0.2, -0.15) is 0 Å². The van der Waals surface area contributed by atoms with Gasteiger partial charge in [-0.3, -0.25) is 9.69 Å². The molecule has 6 heteroatoms. The molecule has 0 atom stereocenters. The fourth-order valence-electron chi connectivity index (χ4n) is 3.51. The first kappa shape index (κ1) is 17.3. The van der Waals surface area contributed by atoms with Gasteiger partial charge in [-0.15, -0.1) is 0 Å². The van der Waals surface area contributed by atoms with Crippen LogP contribution in [0.3, 0.4) is 0 Å². The Bertz CT molecular complexity index is 1040. The number of hydrogen-bond donors (Lipinski definition) is 0. The summed E-state index contributed by atoms with van der Waals surface area (Å²) in [5.41, 5.74) is 3.92. The second kappa shape index (κ2) is 5.94. The van der Waals surface area contributed by atoms with Gasteiger partial charge in [0.15, 0.2) is 0 Å². The van der Waals surface area contributed by atoms with Gasteiger partial charge >= 0.3 is 0 Å². The van der Waals surface area contributed by atoms with Gasteiger partial charge in [0.25, 0.3) is 0 Å². The Balaban J connectivity index is 1.90. The molecule has 3 heterocycles. The van der Waals surface area contributed by atoms with Crippen molar-refractivity contribution in [3.8, 4) is 11.1 Å². The van der Waals surface area contributed by atoms with Crippen molar-refractivity contribution in [2.75, 3.05) is 4.90 Å². The first-order valence-corrected chi connectivity index (χ1v) is 8.88. The maximum Gasteiger partial charge on any atom is 0.242 e. The van der Waals surface area contributed by atoms with Crippen LogP contribution in [0.5, 0.6) is 0 Å². The van der Waals surface area contributed by atoms with E-state index in [4.69, 9.17) is 0 Å². The molecule has 0 N–H and O–H groups in total. The monoisotopic (exact) mass is 359 g/mol. The number of aromatic nitrogens is 4. The molecule has 2 aromatic heterocycles. The van der Waals surface area contributed by atoms with Crippen LogP contribution in [-0.4, -0.2) is 25.8 Å². The van der Waals surface area contributed by atoms with E-state index in [-0.39, 0.29) is 5.91 Å². The van der Waals surface area contributed by atoms with Gasteiger partial charge in [0.05, 0.1) is 11.1 Å². The Morgan fingerprint density at radius 2 is 1.59 bits per heavy atom. The third-order valence-electron chi connectivity index (χ3n) is 4.95. The number of carbonyl (C=O) groups is 1. The van der Waals surface area contributed by atoms with Crippen molar-refractivity contribution >= 4 is 17.4 Å². The van der Waals surface area contributed by atoms with E-state index < -0.39 is 5.41 Å². The molecule has 1 aliphatic heterocycles. The number of anilines is 2. The highest BCUT2D eigenvalue weighted by molar-refractivity contribution is 6.12. The largest absolute Gasteiger partial charge is 0.273 e. The Kier molecular flexibility index (Phi) is 3.80. The number of benzene rings is 1. The molecule has 0 spiro atoms. The topological polar surface area (TPSA) is 71.9 Å². The molecule has 0 bridgehead atoms. The van der Waals surface area contributed by atoms with Crippen LogP contribution in [0, 0.1) is 20.8 Å². The summed E-state index contributed by atoms with van der Waals surface area (Å²) in [6.07, 6.45) is 3.60. The van der Waals surface area contributed by atoms with E-state index in [2.05, 4.69) is 19.9 Å². The quantitative estimate of drug-likeness (QED) is 0.696. The van der Waals surface area contributed by atoms with E-state index in [1.54, 1.807) is 17.3 Å². The molecule has 27 heavy (non-hydrogen) atoms. The van der Waals surface area contributed by atoms with Crippen LogP contribution >= 0.6 is 0 Å². The molecule has 0 aliphatic carbocycles. The van der Waals surface area contributed by atoms with E-state index in [9.17, 15) is 4.79 Å². The lowest BCUT2D eigenvalue weighted by Crippen LogP contribution is -2.33. The summed E-state index contributed by atoms with van der Waals surface area (Å²) in [5, 5.41) is 0. The summed E-state index contributed by atoms with van der Waals surface area (Å²) < 4.78 is 0. The minimum Gasteiger partial charge on any atom is -0.273 e. The molecule has 0 saturated carbocycles. The maximum absolute atomic E-state index is 13.2. The van der Waals surface area contributed by atoms with Gasteiger partial charge in [0.1, 0.15) is 17.5 Å². The third-order valence-corrected chi connectivity index (χ3v) is 4.95. The van der Waals surface area contributed by atoms with Crippen LogP contribution in [0.25, 0.3) is 11.1 Å². The van der Waals surface area contributed by atoms with Crippen molar-refractivity contribution in [3.05, 3.63) is 59.6 Å². The Morgan fingerprint density at radius 1 is 0.889 bits per heavy atom. The number of aryl methyl sites for hydroxylation is 3. The Labute approximate surface area is 158 Å². The molecule has 1 amide bonds. The van der Waals surface area contributed by atoms with E-state index >= 15 is 0 Å². The predicted octanol–water partition coefficient (Wildman–Crippen LogP) is 3.81. The molecule has 1 aromatic carbocycles. The number of carbonyl (C=O) groups excluding carboxylic acids is 1. The molecule has 0 saturated heterocycles. The minimum absolute atomic E-state index is 0.00676. The van der Waals surface area contributed by atoms with Gasteiger partial charge in [0.2, 0.25) is 5.91 Å². The highest BCUT2D eigenvalue weighted by Crippen LogP contribution is 2.46. The first-order chi connectivity index (χ1) is 12.8. The van der Waals surface area contributed by atoms with Crippen molar-refractivity contribution in [1.82, 2.24) is 19.9 Å². The predicted molar refractivity (Wildman–Crippen MR) is 104 cm³/mol. The zero-order valence-corrected chi connectivity index (χ0v) is 16.1. The van der Waals surface area contributed by atoms with Gasteiger partial charge in [-0.25, -0.2) is 19.9 Å². The lowest BCUT2D eigenvalue weighted by Gasteiger charge is -2.20. The maximum atomic E-state index is 13.2. The fourth-order valence-corrected chi connectivity index (χ4v) is 3.51. The SMILES string of the molecule is Cc1cc(N2C(=O)C(C)(C)c3ccc(-c4cnc(C)nc4)cc32)nc(C)n1. The first-order valence-electron chi connectivity index (χ1n) is 8.88. The molecule has 136 valence electrons. The van der Waals surface area contributed by atoms with Gasteiger partial charge < -0.3 is 0 Å². The Morgan fingerprint density at radius 3 is 2.26 bits per heavy atom. The van der Waals surface area contributed by atoms with E-state index in [0.717, 1.165) is 33.9 Å². The molecule has 6 nitrogen and oxygen atoms in total. The van der Waals surface area contributed by atoms with Gasteiger partial charge in [0, 0.05) is 29.7 Å². The lowest BCUT2D eigenvalue weighted by molar-refractivity contribution is -0.121. The second-order valence-electron chi connectivity index (χ2n) is 7.43. The third kappa shape index (κ3) is 2.77. The minimum atomic E-state index is -0.621. The molecule has 4 rings (SSSR count). The van der Waals surface area contributed by atoms with Crippen molar-refractivity contribution in [1.29, 1.82) is 0 Å². The van der Waals surface area contributed by atoms with Crippen LogP contribution in [-0.2, 0) is 10.2 Å². The molecular weight excluding hydrogens is 338 g/mol. The van der Waals surface area contributed by atoms with Crippen molar-refractivity contribution in [2.45, 2.75) is 40.0 Å². The summed E-state index contributed by atoms with van der Waals surface area (Å²) >= 11 is 0. The van der Waals surface area contributed by atoms with Crippen LogP contribution in [0.2, 0.25) is 0 Å². The van der Waals surface area contributed by atoms with E-state index in [0.29, 0.717) is 11.6 Å². The molecule has 1 aliphatic rings. The number of hydrogen-bond acceptors (Lipinski definition) is 5. The summed E-state index contributed by atoms with van der Waals surface area (Å²) in [4.78, 5) is 32.4. The standard InChI is InChI=1S/C21H21N5O/c1-12-8-19(25-14(3)24-12)26-18-9-15(16-10-22-13(2)23-11-16)6-7-17(18)21(4,5)20(26)27/h6-11H,1-5H3. The van der Waals surface area contributed by atoms with Crippen LogP contribution in [0.4, 0.5) is 11.5 Å². The Hall–Kier alpha value is -3.15. The van der Waals surface area contributed by atoms with Crippen LogP contribution < -0.4 is 4.90 Å². The van der Waals surface area contributed by atoms with Gasteiger partial charge in [-0.05, 0) is 51.8 Å². The number of fused-ring (bicyclic) bond motifs is 1. The molecule has 0 fully saturated rings. The highest BCUT2D eigenvalue weighted by Gasteiger charge is 2.45. The average Bonchev–Trinajstić information content (AvgIpc) is 2.81. The fraction of sp³-hybridized carbons (Fsp3) is 0.286. The smallest absolute Gasteiger partial charge is 0.242 e. The summed E-state index contributed by atoms with van der Waals surface area (Å²) in [6, 6.07) is 7.89. The van der Waals surface area contributed by atoms with Crippen LogP contribution in [0.1, 0.15) is 36.8 Å². The lowest BCUT2D eigenvalue weighted by atomic mass is 9.85. The molecule has 0 radical (unpaired) electrons. The van der Waals surface area contributed by atoms with Crippen molar-refractivity contribution < 1.29 is 4.79 Å². The second-order valence-corrected chi connectivity index (χ2v) is 7.43. The summed E-state index contributed by atoms with van der Waals surface area (Å²) in [5.74, 6) is 1.98.